The van der Waals surface area contributed by atoms with Crippen molar-refractivity contribution in [2.45, 2.75) is 6.92 Å². The predicted octanol–water partition coefficient (Wildman–Crippen LogP) is 2.37. The third kappa shape index (κ3) is 1.64. The van der Waals surface area contributed by atoms with Gasteiger partial charge in [0.25, 0.3) is 0 Å². The third-order valence-corrected chi connectivity index (χ3v) is 2.06. The van der Waals surface area contributed by atoms with Gasteiger partial charge >= 0.3 is 0 Å². The second kappa shape index (κ2) is 3.23. The maximum Gasteiger partial charge on any atom is 0.163 e. The van der Waals surface area contributed by atoms with Gasteiger partial charge in [-0.05, 0) is 35.0 Å². The van der Waals surface area contributed by atoms with E-state index in [1.807, 2.05) is 0 Å². The van der Waals surface area contributed by atoms with E-state index in [9.17, 15) is 9.18 Å². The van der Waals surface area contributed by atoms with Gasteiger partial charge in [-0.25, -0.2) is 4.39 Å². The SMILES string of the molecule is CC(=O)c1c(N)cc(F)cc1Br. The number of nitrogens with two attached hydrogens (primary N) is 1. The highest BCUT2D eigenvalue weighted by atomic mass is 79.9. The zero-order valence-electron chi connectivity index (χ0n) is 6.40. The summed E-state index contributed by atoms with van der Waals surface area (Å²) in [7, 11) is 0. The third-order valence-electron chi connectivity index (χ3n) is 1.44. The van der Waals surface area contributed by atoms with Crippen molar-refractivity contribution in [3.05, 3.63) is 28.0 Å². The van der Waals surface area contributed by atoms with Gasteiger partial charge < -0.3 is 5.73 Å². The van der Waals surface area contributed by atoms with E-state index in [-0.39, 0.29) is 11.5 Å². The van der Waals surface area contributed by atoms with Crippen molar-refractivity contribution in [1.29, 1.82) is 0 Å². The molecule has 12 heavy (non-hydrogen) atoms. The van der Waals surface area contributed by atoms with Gasteiger partial charge in [0.15, 0.2) is 5.78 Å². The number of carbonyl (C=O) groups excluding carboxylic acids is 1. The largest absolute Gasteiger partial charge is 0.398 e. The molecular weight excluding hydrogens is 225 g/mol. The Labute approximate surface area is 77.7 Å². The van der Waals surface area contributed by atoms with E-state index in [1.165, 1.54) is 13.0 Å². The molecule has 0 unspecified atom stereocenters. The van der Waals surface area contributed by atoms with Gasteiger partial charge in [-0.3, -0.25) is 4.79 Å². The molecule has 1 rings (SSSR count). The van der Waals surface area contributed by atoms with Crippen molar-refractivity contribution in [2.75, 3.05) is 5.73 Å². The number of halogens is 2. The van der Waals surface area contributed by atoms with Crippen LogP contribution in [0.1, 0.15) is 17.3 Å². The van der Waals surface area contributed by atoms with Gasteiger partial charge in [0.2, 0.25) is 0 Å². The van der Waals surface area contributed by atoms with E-state index < -0.39 is 5.82 Å². The van der Waals surface area contributed by atoms with Crippen LogP contribution in [0.2, 0.25) is 0 Å². The summed E-state index contributed by atoms with van der Waals surface area (Å²) in [4.78, 5) is 11.0. The van der Waals surface area contributed by atoms with Crippen molar-refractivity contribution in [2.24, 2.45) is 0 Å². The molecule has 1 aromatic carbocycles. The molecule has 0 saturated heterocycles. The Hall–Kier alpha value is -0.900. The summed E-state index contributed by atoms with van der Waals surface area (Å²) in [5, 5.41) is 0. The van der Waals surface area contributed by atoms with Gasteiger partial charge in [0, 0.05) is 10.2 Å². The Balaban J connectivity index is 3.38. The number of hydrogen-bond donors (Lipinski definition) is 1. The molecule has 0 spiro atoms. The molecule has 0 aliphatic carbocycles. The fourth-order valence-corrected chi connectivity index (χ4v) is 1.69. The molecule has 0 heterocycles. The van der Waals surface area contributed by atoms with Crippen LogP contribution in [0.4, 0.5) is 10.1 Å². The van der Waals surface area contributed by atoms with Crippen molar-refractivity contribution < 1.29 is 9.18 Å². The van der Waals surface area contributed by atoms with Gasteiger partial charge in [0.1, 0.15) is 5.82 Å². The summed E-state index contributed by atoms with van der Waals surface area (Å²) in [6, 6.07) is 2.34. The molecule has 0 radical (unpaired) electrons. The van der Waals surface area contributed by atoms with Gasteiger partial charge in [-0.2, -0.15) is 0 Å². The van der Waals surface area contributed by atoms with Crippen molar-refractivity contribution >= 4 is 27.4 Å². The van der Waals surface area contributed by atoms with E-state index in [1.54, 1.807) is 0 Å². The summed E-state index contributed by atoms with van der Waals surface area (Å²) in [5.74, 6) is -0.635. The molecule has 0 saturated carbocycles. The van der Waals surface area contributed by atoms with E-state index in [2.05, 4.69) is 15.9 Å². The second-order valence-electron chi connectivity index (χ2n) is 2.41. The van der Waals surface area contributed by atoms with Gasteiger partial charge in [-0.15, -0.1) is 0 Å². The molecule has 2 N–H and O–H groups in total. The molecule has 64 valence electrons. The molecule has 0 aliphatic rings. The second-order valence-corrected chi connectivity index (χ2v) is 3.26. The minimum absolute atomic E-state index is 0.161. The Morgan fingerprint density at radius 3 is 2.58 bits per heavy atom. The summed E-state index contributed by atoms with van der Waals surface area (Å²) in [6.07, 6.45) is 0. The monoisotopic (exact) mass is 231 g/mol. The Kier molecular flexibility index (Phi) is 2.47. The highest BCUT2D eigenvalue weighted by Gasteiger charge is 2.10. The first-order valence-electron chi connectivity index (χ1n) is 3.28. The first-order chi connectivity index (χ1) is 5.52. The Morgan fingerprint density at radius 1 is 1.58 bits per heavy atom. The van der Waals surface area contributed by atoms with Crippen LogP contribution in [0.15, 0.2) is 16.6 Å². The van der Waals surface area contributed by atoms with E-state index in [4.69, 9.17) is 5.73 Å². The number of benzene rings is 1. The smallest absolute Gasteiger partial charge is 0.163 e. The number of hydrogen-bond acceptors (Lipinski definition) is 2. The average Bonchev–Trinajstić information content (AvgIpc) is 1.82. The fraction of sp³-hybridized carbons (Fsp3) is 0.125. The molecule has 2 nitrogen and oxygen atoms in total. The fourth-order valence-electron chi connectivity index (χ4n) is 0.965. The van der Waals surface area contributed by atoms with Crippen LogP contribution < -0.4 is 5.73 Å². The molecule has 0 bridgehead atoms. The van der Waals surface area contributed by atoms with Crippen LogP contribution in [0.25, 0.3) is 0 Å². The Bertz CT molecular complexity index is 315. The standard InChI is InChI=1S/C8H7BrFNO/c1-4(12)8-6(9)2-5(10)3-7(8)11/h2-3H,11H2,1H3. The molecule has 0 amide bonds. The van der Waals surface area contributed by atoms with Crippen LogP contribution in [-0.4, -0.2) is 5.78 Å². The zero-order valence-corrected chi connectivity index (χ0v) is 7.98. The minimum atomic E-state index is -0.454. The summed E-state index contributed by atoms with van der Waals surface area (Å²) < 4.78 is 13.0. The van der Waals surface area contributed by atoms with Crippen molar-refractivity contribution in [1.82, 2.24) is 0 Å². The van der Waals surface area contributed by atoms with Crippen LogP contribution >= 0.6 is 15.9 Å². The van der Waals surface area contributed by atoms with E-state index in [0.29, 0.717) is 10.0 Å². The lowest BCUT2D eigenvalue weighted by atomic mass is 10.1. The van der Waals surface area contributed by atoms with E-state index >= 15 is 0 Å². The predicted molar refractivity (Wildman–Crippen MR) is 48.5 cm³/mol. The molecule has 4 heteroatoms. The number of rotatable bonds is 1. The lowest BCUT2D eigenvalue weighted by molar-refractivity contribution is 0.101. The summed E-state index contributed by atoms with van der Waals surface area (Å²) in [5.41, 5.74) is 5.92. The molecular formula is C8H7BrFNO. The van der Waals surface area contributed by atoms with Gasteiger partial charge in [-0.1, -0.05) is 0 Å². The van der Waals surface area contributed by atoms with Crippen LogP contribution in [0, 0.1) is 5.82 Å². The topological polar surface area (TPSA) is 43.1 Å². The average molecular weight is 232 g/mol. The van der Waals surface area contributed by atoms with Crippen LogP contribution in [0.5, 0.6) is 0 Å². The molecule has 1 aromatic rings. The number of carbonyl (C=O) groups is 1. The van der Waals surface area contributed by atoms with Gasteiger partial charge in [0.05, 0.1) is 5.56 Å². The number of anilines is 1. The summed E-state index contributed by atoms with van der Waals surface area (Å²) in [6.45, 7) is 1.38. The summed E-state index contributed by atoms with van der Waals surface area (Å²) >= 11 is 3.06. The number of nitrogen functional groups attached to an aromatic ring is 1. The number of Topliss-reactive ketones (excluding diaryl/α,β-unsaturated/α-hetero) is 1. The molecule has 0 fully saturated rings. The highest BCUT2D eigenvalue weighted by molar-refractivity contribution is 9.10. The Morgan fingerprint density at radius 2 is 2.17 bits per heavy atom. The van der Waals surface area contributed by atoms with Crippen LogP contribution in [0.3, 0.4) is 0 Å². The maximum absolute atomic E-state index is 12.7. The number of ketones is 1. The first kappa shape index (κ1) is 9.19. The van der Waals surface area contributed by atoms with Crippen molar-refractivity contribution in [3.8, 4) is 0 Å². The quantitative estimate of drug-likeness (QED) is 0.596. The van der Waals surface area contributed by atoms with E-state index in [0.717, 1.165) is 6.07 Å². The molecule has 0 aromatic heterocycles. The molecule has 0 aliphatic heterocycles. The molecule has 0 atom stereocenters. The minimum Gasteiger partial charge on any atom is -0.398 e. The van der Waals surface area contributed by atoms with Crippen molar-refractivity contribution in [3.63, 3.8) is 0 Å². The lowest BCUT2D eigenvalue weighted by Crippen LogP contribution is -2.01. The normalized spacial score (nSPS) is 9.92. The van der Waals surface area contributed by atoms with Crippen LogP contribution in [-0.2, 0) is 0 Å². The zero-order chi connectivity index (χ0) is 9.30. The first-order valence-corrected chi connectivity index (χ1v) is 4.07. The maximum atomic E-state index is 12.7. The lowest BCUT2D eigenvalue weighted by Gasteiger charge is -2.03. The highest BCUT2D eigenvalue weighted by Crippen LogP contribution is 2.24.